The van der Waals surface area contributed by atoms with Crippen molar-refractivity contribution in [3.63, 3.8) is 0 Å². The largest absolute Gasteiger partial charge is 0.467 e. The lowest BCUT2D eigenvalue weighted by atomic mass is 10.1. The first-order valence-corrected chi connectivity index (χ1v) is 9.01. The zero-order valence-electron chi connectivity index (χ0n) is 16.8. The van der Waals surface area contributed by atoms with Crippen LogP contribution in [0, 0.1) is 0 Å². The molecule has 2 amide bonds. The maximum Gasteiger partial charge on any atom is 0.416 e. The minimum absolute atomic E-state index is 0.162. The standard InChI is InChI=1S/C18H28N4O5/c1-12(2)20-10-13-9-14(15(23)26-6)21(17(25)22(13)11-20)8-7-19-16(24)27-18(3,4)5/h10-12,14H,7-9H2,1-6H3/p+1/t14-/m0/s1. The number of methoxy groups -OCH3 is 1. The Hall–Kier alpha value is -2.58. The average Bonchev–Trinajstić information content (AvgIpc) is 2.99. The van der Waals surface area contributed by atoms with Crippen molar-refractivity contribution in [2.24, 2.45) is 0 Å². The molecule has 150 valence electrons. The van der Waals surface area contributed by atoms with Gasteiger partial charge in [0.15, 0.2) is 5.69 Å². The summed E-state index contributed by atoms with van der Waals surface area (Å²) in [5.74, 6) is -0.482. The minimum Gasteiger partial charge on any atom is -0.467 e. The first-order valence-electron chi connectivity index (χ1n) is 9.01. The van der Waals surface area contributed by atoms with Gasteiger partial charge in [0.05, 0.1) is 13.2 Å². The molecule has 9 nitrogen and oxygen atoms in total. The van der Waals surface area contributed by atoms with Crippen LogP contribution in [0.3, 0.4) is 0 Å². The maximum absolute atomic E-state index is 12.9. The Morgan fingerprint density at radius 3 is 2.59 bits per heavy atom. The van der Waals surface area contributed by atoms with Gasteiger partial charge in [-0.15, -0.1) is 4.57 Å². The number of hydrogen-bond donors (Lipinski definition) is 1. The zero-order chi connectivity index (χ0) is 20.4. The summed E-state index contributed by atoms with van der Waals surface area (Å²) in [6, 6.07) is -0.863. The summed E-state index contributed by atoms with van der Waals surface area (Å²) >= 11 is 0. The highest BCUT2D eigenvalue weighted by atomic mass is 16.6. The van der Waals surface area contributed by atoms with E-state index >= 15 is 0 Å². The maximum atomic E-state index is 12.9. The molecule has 0 saturated carbocycles. The van der Waals surface area contributed by atoms with E-state index in [1.807, 2.05) is 24.6 Å². The Kier molecular flexibility index (Phi) is 6.12. The molecule has 0 radical (unpaired) electrons. The van der Waals surface area contributed by atoms with Gasteiger partial charge in [-0.1, -0.05) is 0 Å². The zero-order valence-corrected chi connectivity index (χ0v) is 16.8. The van der Waals surface area contributed by atoms with E-state index in [-0.39, 0.29) is 25.2 Å². The number of carbonyl (C=O) groups is 3. The molecule has 2 heterocycles. The van der Waals surface area contributed by atoms with Crippen molar-refractivity contribution in [3.8, 4) is 0 Å². The Bertz CT molecular complexity index is 720. The lowest BCUT2D eigenvalue weighted by Gasteiger charge is -2.31. The summed E-state index contributed by atoms with van der Waals surface area (Å²) in [5, 5.41) is 2.61. The lowest BCUT2D eigenvalue weighted by Crippen LogP contribution is -2.54. The van der Waals surface area contributed by atoms with Crippen LogP contribution in [0.5, 0.6) is 0 Å². The van der Waals surface area contributed by atoms with Crippen LogP contribution in [-0.2, 0) is 20.7 Å². The number of carbonyl (C=O) groups excluding carboxylic acids is 3. The van der Waals surface area contributed by atoms with Gasteiger partial charge in [-0.05, 0) is 34.6 Å². The number of nitrogens with one attached hydrogen (secondary N) is 1. The van der Waals surface area contributed by atoms with Gasteiger partial charge in [-0.2, -0.15) is 0 Å². The van der Waals surface area contributed by atoms with Crippen molar-refractivity contribution < 1.29 is 28.4 Å². The molecule has 2 rings (SSSR count). The van der Waals surface area contributed by atoms with E-state index in [0.717, 1.165) is 5.69 Å². The number of hydrogen-bond acceptors (Lipinski definition) is 5. The highest BCUT2D eigenvalue weighted by Crippen LogP contribution is 2.19. The van der Waals surface area contributed by atoms with Crippen molar-refractivity contribution in [3.05, 3.63) is 18.2 Å². The minimum atomic E-state index is -0.731. The third-order valence-corrected chi connectivity index (χ3v) is 4.18. The van der Waals surface area contributed by atoms with Crippen molar-refractivity contribution in [2.45, 2.75) is 58.7 Å². The fourth-order valence-corrected chi connectivity index (χ4v) is 2.85. The molecular weight excluding hydrogens is 352 g/mol. The van der Waals surface area contributed by atoms with Crippen LogP contribution in [0.15, 0.2) is 12.5 Å². The second kappa shape index (κ2) is 7.98. The second-order valence-corrected chi connectivity index (χ2v) is 7.79. The molecule has 0 fully saturated rings. The normalized spacial score (nSPS) is 16.9. The fourth-order valence-electron chi connectivity index (χ4n) is 2.85. The molecule has 1 aromatic heterocycles. The molecule has 0 unspecified atom stereocenters. The molecule has 0 saturated heterocycles. The molecule has 1 aromatic rings. The summed E-state index contributed by atoms with van der Waals surface area (Å²) in [4.78, 5) is 38.3. The molecule has 1 aliphatic heterocycles. The predicted octanol–water partition coefficient (Wildman–Crippen LogP) is 1.25. The van der Waals surface area contributed by atoms with Crippen molar-refractivity contribution in [2.75, 3.05) is 20.2 Å². The number of amides is 2. The van der Waals surface area contributed by atoms with Gasteiger partial charge in [0.25, 0.3) is 6.33 Å². The molecule has 9 heteroatoms. The van der Waals surface area contributed by atoms with E-state index in [9.17, 15) is 14.4 Å². The Labute approximate surface area is 159 Å². The molecule has 0 spiro atoms. The van der Waals surface area contributed by atoms with Crippen LogP contribution < -0.4 is 9.88 Å². The summed E-state index contributed by atoms with van der Waals surface area (Å²) in [6.07, 6.45) is 3.38. The second-order valence-electron chi connectivity index (χ2n) is 7.79. The summed E-state index contributed by atoms with van der Waals surface area (Å²) in [6.45, 7) is 9.66. The van der Waals surface area contributed by atoms with Crippen LogP contribution in [0.25, 0.3) is 0 Å². The van der Waals surface area contributed by atoms with Crippen molar-refractivity contribution in [1.29, 1.82) is 0 Å². The summed E-state index contributed by atoms with van der Waals surface area (Å²) in [7, 11) is 1.30. The number of fused-ring (bicyclic) bond motifs is 1. The monoisotopic (exact) mass is 381 g/mol. The number of aromatic nitrogens is 2. The van der Waals surface area contributed by atoms with Gasteiger partial charge in [0, 0.05) is 19.5 Å². The molecule has 0 aliphatic carbocycles. The number of imidazole rings is 1. The van der Waals surface area contributed by atoms with Crippen LogP contribution in [0.4, 0.5) is 9.59 Å². The van der Waals surface area contributed by atoms with Gasteiger partial charge in [-0.25, -0.2) is 19.0 Å². The Morgan fingerprint density at radius 2 is 2.04 bits per heavy atom. The van der Waals surface area contributed by atoms with Gasteiger partial charge < -0.3 is 14.8 Å². The molecule has 0 bridgehead atoms. The molecule has 27 heavy (non-hydrogen) atoms. The Balaban J connectivity index is 2.13. The van der Waals surface area contributed by atoms with E-state index in [1.165, 1.54) is 16.6 Å². The molecular formula is C18H29N4O5+. The van der Waals surface area contributed by atoms with Gasteiger partial charge in [0.2, 0.25) is 0 Å². The number of rotatable bonds is 5. The van der Waals surface area contributed by atoms with Gasteiger partial charge >= 0.3 is 18.1 Å². The third-order valence-electron chi connectivity index (χ3n) is 4.18. The summed E-state index contributed by atoms with van der Waals surface area (Å²) < 4.78 is 13.5. The highest BCUT2D eigenvalue weighted by Gasteiger charge is 2.42. The number of alkyl carbamates (subject to hydrolysis) is 1. The van der Waals surface area contributed by atoms with Crippen molar-refractivity contribution in [1.82, 2.24) is 14.8 Å². The number of nitrogens with zero attached hydrogens (tertiary/aromatic N) is 3. The predicted molar refractivity (Wildman–Crippen MR) is 96.3 cm³/mol. The lowest BCUT2D eigenvalue weighted by molar-refractivity contribution is -0.715. The van der Waals surface area contributed by atoms with E-state index in [0.29, 0.717) is 6.42 Å². The topological polar surface area (TPSA) is 93.8 Å². The number of esters is 1. The van der Waals surface area contributed by atoms with Crippen LogP contribution in [-0.4, -0.2) is 59.4 Å². The average molecular weight is 381 g/mol. The van der Waals surface area contributed by atoms with E-state index in [4.69, 9.17) is 9.47 Å². The third kappa shape index (κ3) is 4.99. The Morgan fingerprint density at radius 1 is 1.37 bits per heavy atom. The quantitative estimate of drug-likeness (QED) is 0.612. The van der Waals surface area contributed by atoms with Gasteiger partial charge in [-0.3, -0.25) is 4.90 Å². The first kappa shape index (κ1) is 20.7. The van der Waals surface area contributed by atoms with E-state index in [2.05, 4.69) is 5.32 Å². The molecule has 1 N–H and O–H groups in total. The van der Waals surface area contributed by atoms with E-state index in [1.54, 1.807) is 27.1 Å². The summed E-state index contributed by atoms with van der Waals surface area (Å²) in [5.41, 5.74) is 0.143. The molecule has 1 aliphatic rings. The van der Waals surface area contributed by atoms with E-state index < -0.39 is 23.7 Å². The SMILES string of the molecule is COC(=O)[C@@H]1Cc2c[n+](C(C)C)cn2C(=O)N1CCNC(=O)OC(C)(C)C. The fraction of sp³-hybridized carbons (Fsp3) is 0.667. The van der Waals surface area contributed by atoms with Crippen LogP contribution in [0.2, 0.25) is 0 Å². The van der Waals surface area contributed by atoms with Crippen LogP contribution >= 0.6 is 0 Å². The molecule has 1 atom stereocenters. The number of ether oxygens (including phenoxy) is 2. The smallest absolute Gasteiger partial charge is 0.416 e. The van der Waals surface area contributed by atoms with Crippen LogP contribution in [0.1, 0.15) is 46.4 Å². The molecule has 0 aromatic carbocycles. The van der Waals surface area contributed by atoms with Gasteiger partial charge in [0.1, 0.15) is 17.8 Å². The highest BCUT2D eigenvalue weighted by molar-refractivity contribution is 5.87. The first-order chi connectivity index (χ1) is 12.5. The van der Waals surface area contributed by atoms with Crippen molar-refractivity contribution >= 4 is 18.1 Å².